The largest absolute Gasteiger partial charge is 0.497 e. The molecular formula is C18H19ClN2O4S. The van der Waals surface area contributed by atoms with Crippen LogP contribution in [0.2, 0.25) is 0 Å². The van der Waals surface area contributed by atoms with Crippen molar-refractivity contribution in [2.45, 2.75) is 23.1 Å². The molecule has 1 aromatic carbocycles. The Kier molecular flexibility index (Phi) is 5.60. The van der Waals surface area contributed by atoms with Crippen LogP contribution < -0.4 is 10.5 Å². The number of β-lactam (4-membered cyclic amide) rings is 1. The molecule has 0 aliphatic carbocycles. The maximum Gasteiger partial charge on any atom is 0.352 e. The Morgan fingerprint density at radius 2 is 2.12 bits per heavy atom. The molecule has 3 N–H and O–H groups in total. The lowest BCUT2D eigenvalue weighted by Crippen LogP contribution is -2.69. The van der Waals surface area contributed by atoms with Gasteiger partial charge >= 0.3 is 5.97 Å². The Hall–Kier alpha value is -1.96. The fourth-order valence-corrected chi connectivity index (χ4v) is 4.79. The van der Waals surface area contributed by atoms with Crippen LogP contribution in [0.5, 0.6) is 5.75 Å². The summed E-state index contributed by atoms with van der Waals surface area (Å²) in [4.78, 5) is 25.2. The molecule has 3 atom stereocenters. The van der Waals surface area contributed by atoms with E-state index in [1.165, 1.54) is 16.7 Å². The number of amides is 1. The number of nitrogens with two attached hydrogens (primary N) is 1. The number of alkyl halides is 1. The highest BCUT2D eigenvalue weighted by atomic mass is 35.5. The molecule has 138 valence electrons. The van der Waals surface area contributed by atoms with Gasteiger partial charge in [0.25, 0.3) is 0 Å². The minimum absolute atomic E-state index is 0.000304. The van der Waals surface area contributed by atoms with Gasteiger partial charge in [0.05, 0.1) is 7.11 Å². The van der Waals surface area contributed by atoms with Gasteiger partial charge in [0, 0.05) is 11.1 Å². The second kappa shape index (κ2) is 7.73. The van der Waals surface area contributed by atoms with Crippen LogP contribution in [0.25, 0.3) is 0 Å². The molecule has 2 aliphatic heterocycles. The van der Waals surface area contributed by atoms with Gasteiger partial charge in [0.2, 0.25) is 5.91 Å². The fourth-order valence-electron chi connectivity index (χ4n) is 3.12. The summed E-state index contributed by atoms with van der Waals surface area (Å²) in [7, 11) is 1.60. The molecule has 0 radical (unpaired) electrons. The second-order valence-corrected chi connectivity index (χ2v) is 7.60. The van der Waals surface area contributed by atoms with Crippen molar-refractivity contribution in [3.8, 4) is 5.75 Å². The van der Waals surface area contributed by atoms with E-state index in [1.54, 1.807) is 19.3 Å². The van der Waals surface area contributed by atoms with Crippen molar-refractivity contribution in [2.24, 2.45) is 5.73 Å². The molecule has 1 aromatic rings. The molecule has 6 nitrogen and oxygen atoms in total. The van der Waals surface area contributed by atoms with E-state index in [0.717, 1.165) is 11.3 Å². The van der Waals surface area contributed by atoms with E-state index in [9.17, 15) is 14.7 Å². The van der Waals surface area contributed by atoms with Crippen LogP contribution in [0.4, 0.5) is 0 Å². The number of thioether (sulfide) groups is 1. The first-order valence-corrected chi connectivity index (χ1v) is 9.52. The van der Waals surface area contributed by atoms with E-state index >= 15 is 0 Å². The minimum atomic E-state index is -1.13. The van der Waals surface area contributed by atoms with Gasteiger partial charge in [-0.1, -0.05) is 24.3 Å². The molecule has 3 rings (SSSR count). The van der Waals surface area contributed by atoms with Gasteiger partial charge in [-0.2, -0.15) is 0 Å². The Balaban J connectivity index is 1.97. The first-order valence-electron chi connectivity index (χ1n) is 8.05. The van der Waals surface area contributed by atoms with E-state index in [1.807, 2.05) is 24.3 Å². The van der Waals surface area contributed by atoms with Crippen LogP contribution in [-0.4, -0.2) is 51.5 Å². The highest BCUT2D eigenvalue weighted by Gasteiger charge is 2.53. The zero-order valence-corrected chi connectivity index (χ0v) is 15.7. The van der Waals surface area contributed by atoms with E-state index in [-0.39, 0.29) is 28.1 Å². The Bertz CT molecular complexity index is 778. The first kappa shape index (κ1) is 18.8. The third-order valence-corrected chi connectivity index (χ3v) is 6.13. The zero-order valence-electron chi connectivity index (χ0n) is 14.1. The quantitative estimate of drug-likeness (QED) is 0.566. The number of carbonyl (C=O) groups is 2. The van der Waals surface area contributed by atoms with Gasteiger partial charge in [-0.15, -0.1) is 23.4 Å². The molecule has 1 amide bonds. The number of aliphatic carboxylic acids is 1. The summed E-state index contributed by atoms with van der Waals surface area (Å²) in [6, 6.07) is 6.95. The van der Waals surface area contributed by atoms with Crippen LogP contribution in [0, 0.1) is 0 Å². The minimum Gasteiger partial charge on any atom is -0.497 e. The topological polar surface area (TPSA) is 92.9 Å². The third-order valence-electron chi connectivity index (χ3n) is 4.42. The van der Waals surface area contributed by atoms with Crippen LogP contribution in [-0.2, 0) is 16.0 Å². The van der Waals surface area contributed by atoms with Crippen molar-refractivity contribution in [3.05, 3.63) is 53.3 Å². The highest BCUT2D eigenvalue weighted by molar-refractivity contribution is 8.00. The normalized spacial score (nSPS) is 25.3. The predicted molar refractivity (Wildman–Crippen MR) is 101 cm³/mol. The highest BCUT2D eigenvalue weighted by Crippen LogP contribution is 2.45. The number of rotatable bonds is 6. The SMILES string of the molecule is COc1ccc(CC2SC3C(N)C(=O)N3C(C(=O)O)=C2C=CCCl)cc1. The monoisotopic (exact) mass is 394 g/mol. The number of ether oxygens (including phenoxy) is 1. The molecule has 0 saturated carbocycles. The van der Waals surface area contributed by atoms with Crippen molar-refractivity contribution in [1.29, 1.82) is 0 Å². The van der Waals surface area contributed by atoms with Crippen LogP contribution in [0.3, 0.4) is 0 Å². The summed E-state index contributed by atoms with van der Waals surface area (Å²) in [6.07, 6.45) is 4.00. The van der Waals surface area contributed by atoms with Gasteiger partial charge < -0.3 is 15.6 Å². The number of allylic oxidation sites excluding steroid dienone is 2. The molecule has 2 heterocycles. The zero-order chi connectivity index (χ0) is 18.8. The number of benzene rings is 1. The molecule has 1 saturated heterocycles. The van der Waals surface area contributed by atoms with E-state index in [0.29, 0.717) is 12.0 Å². The lowest BCUT2D eigenvalue weighted by atomic mass is 9.97. The second-order valence-electron chi connectivity index (χ2n) is 5.97. The van der Waals surface area contributed by atoms with Gasteiger partial charge in [-0.3, -0.25) is 9.69 Å². The summed E-state index contributed by atoms with van der Waals surface area (Å²) < 4.78 is 5.17. The summed E-state index contributed by atoms with van der Waals surface area (Å²) in [6.45, 7) is 0. The molecule has 26 heavy (non-hydrogen) atoms. The van der Waals surface area contributed by atoms with Crippen molar-refractivity contribution in [1.82, 2.24) is 4.90 Å². The molecule has 0 spiro atoms. The van der Waals surface area contributed by atoms with Crippen LogP contribution in [0.1, 0.15) is 5.56 Å². The summed E-state index contributed by atoms with van der Waals surface area (Å²) in [5, 5.41) is 9.20. The van der Waals surface area contributed by atoms with Gasteiger partial charge in [-0.05, 0) is 29.7 Å². The number of carbonyl (C=O) groups excluding carboxylic acids is 1. The number of carboxylic acids is 1. The lowest BCUT2D eigenvalue weighted by Gasteiger charge is -2.50. The molecule has 8 heteroatoms. The summed E-state index contributed by atoms with van der Waals surface area (Å²) >= 11 is 7.25. The van der Waals surface area contributed by atoms with Crippen LogP contribution in [0.15, 0.2) is 47.7 Å². The van der Waals surface area contributed by atoms with E-state index < -0.39 is 12.0 Å². The van der Waals surface area contributed by atoms with Gasteiger partial charge in [0.1, 0.15) is 22.9 Å². The van der Waals surface area contributed by atoms with Crippen LogP contribution >= 0.6 is 23.4 Å². The number of methoxy groups -OCH3 is 1. The predicted octanol–water partition coefficient (Wildman–Crippen LogP) is 1.98. The fraction of sp³-hybridized carbons (Fsp3) is 0.333. The maximum absolute atomic E-state index is 12.1. The molecule has 0 aromatic heterocycles. The Morgan fingerprint density at radius 1 is 1.42 bits per heavy atom. The molecule has 0 bridgehead atoms. The Morgan fingerprint density at radius 3 is 2.69 bits per heavy atom. The number of nitrogens with zero attached hydrogens (tertiary/aromatic N) is 1. The number of hydrogen-bond donors (Lipinski definition) is 2. The number of hydrogen-bond acceptors (Lipinski definition) is 5. The number of halogens is 1. The van der Waals surface area contributed by atoms with E-state index in [2.05, 4.69) is 0 Å². The smallest absolute Gasteiger partial charge is 0.352 e. The molecule has 1 fully saturated rings. The number of carboxylic acid groups (broad SMARTS) is 1. The molecular weight excluding hydrogens is 376 g/mol. The molecule has 3 unspecified atom stereocenters. The van der Waals surface area contributed by atoms with Gasteiger partial charge in [-0.25, -0.2) is 4.79 Å². The maximum atomic E-state index is 12.1. The van der Waals surface area contributed by atoms with Crippen molar-refractivity contribution in [2.75, 3.05) is 13.0 Å². The van der Waals surface area contributed by atoms with Crippen molar-refractivity contribution in [3.63, 3.8) is 0 Å². The average molecular weight is 395 g/mol. The van der Waals surface area contributed by atoms with Gasteiger partial charge in [0.15, 0.2) is 0 Å². The average Bonchev–Trinajstić information content (AvgIpc) is 2.65. The Labute approximate surface area is 160 Å². The summed E-state index contributed by atoms with van der Waals surface area (Å²) in [5.41, 5.74) is 7.51. The van der Waals surface area contributed by atoms with Crippen molar-refractivity contribution < 1.29 is 19.4 Å². The first-order chi connectivity index (χ1) is 12.5. The summed E-state index contributed by atoms with van der Waals surface area (Å²) in [5.74, 6) is -0.483. The molecule has 2 aliphatic rings. The number of fused-ring (bicyclic) bond motifs is 1. The standard InChI is InChI=1S/C18H19ClN2O4S/c1-25-11-6-4-10(5-7-11)9-13-12(3-2-8-19)15(18(23)24)21-16(22)14(20)17(21)26-13/h2-7,13-14,17H,8-9,20H2,1H3,(H,23,24). The van der Waals surface area contributed by atoms with E-state index in [4.69, 9.17) is 22.1 Å². The third kappa shape index (κ3) is 3.34. The van der Waals surface area contributed by atoms with Crippen molar-refractivity contribution >= 4 is 35.2 Å². The lowest BCUT2D eigenvalue weighted by molar-refractivity contribution is -0.148.